The Labute approximate surface area is 143 Å². The number of hydrogen-bond donors (Lipinski definition) is 4. The molecule has 0 aromatic carbocycles. The second-order valence-corrected chi connectivity index (χ2v) is 6.28. The Morgan fingerprint density at radius 3 is 2.71 bits per heavy atom. The molecule has 0 spiro atoms. The molecule has 0 aromatic heterocycles. The summed E-state index contributed by atoms with van der Waals surface area (Å²) < 4.78 is 5.47. The number of unbranched alkanes of at least 4 members (excludes halogenated alkanes) is 2. The summed E-state index contributed by atoms with van der Waals surface area (Å²) in [6.45, 7) is 2.10. The summed E-state index contributed by atoms with van der Waals surface area (Å²) in [4.78, 5) is 10.5. The van der Waals surface area contributed by atoms with Crippen LogP contribution in [-0.2, 0) is 9.53 Å². The number of allylic oxidation sites excluding steroid dienone is 1. The number of carboxylic acids is 1. The molecule has 0 radical (unpaired) electrons. The maximum atomic E-state index is 10.5. The quantitative estimate of drug-likeness (QED) is 0.357. The van der Waals surface area contributed by atoms with E-state index in [4.69, 9.17) is 9.84 Å². The van der Waals surface area contributed by atoms with E-state index in [0.717, 1.165) is 19.3 Å². The van der Waals surface area contributed by atoms with Crippen molar-refractivity contribution in [3.63, 3.8) is 0 Å². The van der Waals surface area contributed by atoms with E-state index in [-0.39, 0.29) is 18.8 Å². The zero-order valence-corrected chi connectivity index (χ0v) is 14.3. The molecular formula is C18H30O6. The van der Waals surface area contributed by atoms with Gasteiger partial charge in [-0.1, -0.05) is 50.5 Å². The number of aliphatic carboxylic acids is 1. The summed E-state index contributed by atoms with van der Waals surface area (Å²) in [5.41, 5.74) is 0. The molecule has 24 heavy (non-hydrogen) atoms. The number of ether oxygens (including phenoxy) is 1. The minimum Gasteiger partial charge on any atom is -0.481 e. The lowest BCUT2D eigenvalue weighted by molar-refractivity contribution is -0.199. The average molecular weight is 342 g/mol. The van der Waals surface area contributed by atoms with Crippen molar-refractivity contribution in [2.45, 2.75) is 76.5 Å². The molecule has 5 atom stereocenters. The van der Waals surface area contributed by atoms with Crippen molar-refractivity contribution in [2.75, 3.05) is 0 Å². The van der Waals surface area contributed by atoms with Crippen LogP contribution in [0.5, 0.6) is 0 Å². The molecule has 6 heteroatoms. The van der Waals surface area contributed by atoms with Crippen LogP contribution in [0, 0.1) is 5.92 Å². The van der Waals surface area contributed by atoms with E-state index >= 15 is 0 Å². The first-order chi connectivity index (χ1) is 11.4. The van der Waals surface area contributed by atoms with Crippen molar-refractivity contribution in [2.24, 2.45) is 5.92 Å². The minimum atomic E-state index is -1.04. The highest BCUT2D eigenvalue weighted by Gasteiger charge is 2.35. The van der Waals surface area contributed by atoms with Gasteiger partial charge in [-0.2, -0.15) is 0 Å². The van der Waals surface area contributed by atoms with E-state index in [9.17, 15) is 20.1 Å². The van der Waals surface area contributed by atoms with Gasteiger partial charge in [-0.05, 0) is 12.8 Å². The van der Waals surface area contributed by atoms with Crippen LogP contribution >= 0.6 is 0 Å². The second-order valence-electron chi connectivity index (χ2n) is 6.28. The highest BCUT2D eigenvalue weighted by atomic mass is 16.6. The Balaban J connectivity index is 2.60. The van der Waals surface area contributed by atoms with Crippen molar-refractivity contribution in [3.05, 3.63) is 24.3 Å². The van der Waals surface area contributed by atoms with Crippen LogP contribution in [0.3, 0.4) is 0 Å². The Hall–Kier alpha value is -1.21. The topological polar surface area (TPSA) is 107 Å². The predicted molar refractivity (Wildman–Crippen MR) is 90.3 cm³/mol. The smallest absolute Gasteiger partial charge is 0.307 e. The number of carbonyl (C=O) groups is 1. The SMILES string of the molecule is CCCCC[C@H](O)/C=C/[C@H]1O[C@@H](O)C[C@@H](O)[C@@H]1C/C=C\CC(=O)O. The van der Waals surface area contributed by atoms with Crippen molar-refractivity contribution < 1.29 is 30.0 Å². The Bertz CT molecular complexity index is 420. The van der Waals surface area contributed by atoms with Gasteiger partial charge in [-0.3, -0.25) is 4.79 Å². The normalized spacial score (nSPS) is 29.3. The summed E-state index contributed by atoms with van der Waals surface area (Å²) in [6.07, 6.45) is 8.01. The summed E-state index contributed by atoms with van der Waals surface area (Å²) in [6, 6.07) is 0. The second kappa shape index (κ2) is 11.4. The molecule has 138 valence electrons. The Morgan fingerprint density at radius 2 is 2.04 bits per heavy atom. The molecule has 0 bridgehead atoms. The van der Waals surface area contributed by atoms with E-state index in [2.05, 4.69) is 6.92 Å². The van der Waals surface area contributed by atoms with E-state index in [1.807, 2.05) is 0 Å². The van der Waals surface area contributed by atoms with Crippen LogP contribution < -0.4 is 0 Å². The van der Waals surface area contributed by atoms with Crippen molar-refractivity contribution >= 4 is 5.97 Å². The fourth-order valence-electron chi connectivity index (χ4n) is 2.79. The summed E-state index contributed by atoms with van der Waals surface area (Å²) in [5.74, 6) is -1.19. The molecule has 0 unspecified atom stereocenters. The maximum absolute atomic E-state index is 10.5. The lowest BCUT2D eigenvalue weighted by Crippen LogP contribution is -2.43. The number of aliphatic hydroxyl groups is 3. The van der Waals surface area contributed by atoms with Crippen molar-refractivity contribution in [3.8, 4) is 0 Å². The fourth-order valence-corrected chi connectivity index (χ4v) is 2.79. The molecule has 1 rings (SSSR count). The summed E-state index contributed by atoms with van der Waals surface area (Å²) in [5, 5.41) is 38.4. The van der Waals surface area contributed by atoms with Crippen LogP contribution in [0.2, 0.25) is 0 Å². The van der Waals surface area contributed by atoms with Gasteiger partial charge in [0.25, 0.3) is 0 Å². The molecule has 0 aliphatic carbocycles. The third-order valence-corrected chi connectivity index (χ3v) is 4.17. The Kier molecular flexibility index (Phi) is 9.86. The molecular weight excluding hydrogens is 312 g/mol. The number of carboxylic acid groups (broad SMARTS) is 1. The van der Waals surface area contributed by atoms with Gasteiger partial charge < -0.3 is 25.2 Å². The molecule has 6 nitrogen and oxygen atoms in total. The van der Waals surface area contributed by atoms with Gasteiger partial charge in [0.2, 0.25) is 0 Å². The summed E-state index contributed by atoms with van der Waals surface area (Å²) in [7, 11) is 0. The molecule has 1 saturated heterocycles. The zero-order valence-electron chi connectivity index (χ0n) is 14.3. The molecule has 1 fully saturated rings. The Morgan fingerprint density at radius 1 is 1.29 bits per heavy atom. The third-order valence-electron chi connectivity index (χ3n) is 4.17. The first kappa shape index (κ1) is 20.8. The van der Waals surface area contributed by atoms with Crippen LogP contribution in [0.1, 0.15) is 51.9 Å². The average Bonchev–Trinajstić information content (AvgIpc) is 2.51. The summed E-state index contributed by atoms with van der Waals surface area (Å²) >= 11 is 0. The van der Waals surface area contributed by atoms with Gasteiger partial charge >= 0.3 is 5.97 Å². The van der Waals surface area contributed by atoms with Crippen molar-refractivity contribution in [1.82, 2.24) is 0 Å². The van der Waals surface area contributed by atoms with Gasteiger partial charge in [-0.15, -0.1) is 0 Å². The highest BCUT2D eigenvalue weighted by Crippen LogP contribution is 2.29. The first-order valence-corrected chi connectivity index (χ1v) is 8.68. The molecule has 0 aromatic rings. The molecule has 0 saturated carbocycles. The standard InChI is InChI=1S/C18H30O6/c1-2-3-4-7-13(19)10-11-16-14(8-5-6-9-17(21)22)15(20)12-18(23)24-16/h5-6,10-11,13-16,18-20,23H,2-4,7-9,12H2,1H3,(H,21,22)/b6-5-,11-10+/t13-,14-,15+,16+,18+/m0/s1. The van der Waals surface area contributed by atoms with Gasteiger partial charge in [0.1, 0.15) is 0 Å². The lowest BCUT2D eigenvalue weighted by Gasteiger charge is -2.36. The first-order valence-electron chi connectivity index (χ1n) is 8.68. The monoisotopic (exact) mass is 342 g/mol. The molecule has 4 N–H and O–H groups in total. The van der Waals surface area contributed by atoms with Crippen LogP contribution in [0.25, 0.3) is 0 Å². The third kappa shape index (κ3) is 8.06. The van der Waals surface area contributed by atoms with Crippen LogP contribution in [0.15, 0.2) is 24.3 Å². The van der Waals surface area contributed by atoms with Crippen LogP contribution in [0.4, 0.5) is 0 Å². The van der Waals surface area contributed by atoms with E-state index in [1.165, 1.54) is 0 Å². The molecule has 1 aliphatic rings. The van der Waals surface area contributed by atoms with Gasteiger partial charge in [0.05, 0.1) is 24.7 Å². The van der Waals surface area contributed by atoms with E-state index < -0.39 is 30.6 Å². The maximum Gasteiger partial charge on any atom is 0.307 e. The minimum absolute atomic E-state index is 0.0665. The molecule has 1 heterocycles. The molecule has 1 aliphatic heterocycles. The number of hydrogen-bond acceptors (Lipinski definition) is 5. The molecule has 0 amide bonds. The number of aliphatic hydroxyl groups excluding tert-OH is 3. The van der Waals surface area contributed by atoms with Gasteiger partial charge in [-0.25, -0.2) is 0 Å². The largest absolute Gasteiger partial charge is 0.481 e. The lowest BCUT2D eigenvalue weighted by atomic mass is 9.87. The van der Waals surface area contributed by atoms with Gasteiger partial charge in [0.15, 0.2) is 6.29 Å². The predicted octanol–water partition coefficient (Wildman–Crippen LogP) is 1.99. The van der Waals surface area contributed by atoms with Gasteiger partial charge in [0, 0.05) is 12.3 Å². The zero-order chi connectivity index (χ0) is 17.9. The van der Waals surface area contributed by atoms with Crippen LogP contribution in [-0.4, -0.2) is 51.0 Å². The van der Waals surface area contributed by atoms with E-state index in [0.29, 0.717) is 12.8 Å². The number of rotatable bonds is 10. The highest BCUT2D eigenvalue weighted by molar-refractivity contribution is 5.68. The van der Waals surface area contributed by atoms with E-state index in [1.54, 1.807) is 24.3 Å². The fraction of sp³-hybridized carbons (Fsp3) is 0.722. The van der Waals surface area contributed by atoms with Crippen molar-refractivity contribution in [1.29, 1.82) is 0 Å².